The molecule has 0 atom stereocenters. The number of hydrogen-bond acceptors (Lipinski definition) is 2. The lowest BCUT2D eigenvalue weighted by Crippen LogP contribution is -2.24. The highest BCUT2D eigenvalue weighted by atomic mass is 35.5. The highest BCUT2D eigenvalue weighted by Crippen LogP contribution is 2.06. The molecule has 3 aromatic rings. The first-order valence-corrected chi connectivity index (χ1v) is 7.48. The predicted octanol–water partition coefficient (Wildman–Crippen LogP) is 3.34. The standard InChI is InChI=1S/C19H13ClN2O/c20-18-14-22(13-16-9-5-2-6-10-16)19(23)17(21-18)12-11-15-7-3-1-4-8-15/h1-10,14H,13H2. The SMILES string of the molecule is O=c1c(C#Cc2ccccc2)nc(Cl)cn1Cc1ccccc1. The van der Waals surface area contributed by atoms with Gasteiger partial charge in [-0.25, -0.2) is 4.98 Å². The first-order chi connectivity index (χ1) is 11.2. The maximum atomic E-state index is 12.5. The van der Waals surface area contributed by atoms with Crippen LogP contribution in [0.1, 0.15) is 16.8 Å². The van der Waals surface area contributed by atoms with E-state index in [-0.39, 0.29) is 16.4 Å². The van der Waals surface area contributed by atoms with Gasteiger partial charge in [0.25, 0.3) is 5.56 Å². The summed E-state index contributed by atoms with van der Waals surface area (Å²) in [6, 6.07) is 19.1. The molecule has 0 radical (unpaired) electrons. The molecule has 1 aromatic heterocycles. The molecule has 0 spiro atoms. The molecule has 0 aliphatic heterocycles. The third-order valence-corrected chi connectivity index (χ3v) is 3.42. The summed E-state index contributed by atoms with van der Waals surface area (Å²) in [5.74, 6) is 5.75. The summed E-state index contributed by atoms with van der Waals surface area (Å²) in [6.07, 6.45) is 1.53. The first kappa shape index (κ1) is 15.1. The summed E-state index contributed by atoms with van der Waals surface area (Å²) in [5, 5.41) is 0.248. The third-order valence-electron chi connectivity index (χ3n) is 3.24. The van der Waals surface area contributed by atoms with E-state index in [0.29, 0.717) is 6.54 Å². The van der Waals surface area contributed by atoms with E-state index < -0.39 is 0 Å². The largest absolute Gasteiger partial charge is 0.306 e. The van der Waals surface area contributed by atoms with Crippen molar-refractivity contribution < 1.29 is 0 Å². The first-order valence-electron chi connectivity index (χ1n) is 7.10. The Labute approximate surface area is 139 Å². The van der Waals surface area contributed by atoms with E-state index in [9.17, 15) is 4.79 Å². The zero-order valence-corrected chi connectivity index (χ0v) is 13.0. The van der Waals surface area contributed by atoms with Crippen molar-refractivity contribution in [3.63, 3.8) is 0 Å². The summed E-state index contributed by atoms with van der Waals surface area (Å²) in [5.41, 5.74) is 1.74. The van der Waals surface area contributed by atoms with Crippen LogP contribution in [-0.4, -0.2) is 9.55 Å². The van der Waals surface area contributed by atoms with E-state index >= 15 is 0 Å². The Morgan fingerprint density at radius 1 is 0.957 bits per heavy atom. The molecule has 0 unspecified atom stereocenters. The van der Waals surface area contributed by atoms with Crippen LogP contribution >= 0.6 is 11.6 Å². The van der Waals surface area contributed by atoms with Crippen LogP contribution in [0.5, 0.6) is 0 Å². The van der Waals surface area contributed by atoms with E-state index in [1.54, 1.807) is 0 Å². The second-order valence-electron chi connectivity index (χ2n) is 4.95. The zero-order valence-electron chi connectivity index (χ0n) is 12.2. The van der Waals surface area contributed by atoms with Gasteiger partial charge in [0.15, 0.2) is 5.69 Å². The average Bonchev–Trinajstić information content (AvgIpc) is 2.58. The molecule has 0 aliphatic carbocycles. The molecule has 3 nitrogen and oxygen atoms in total. The fraction of sp³-hybridized carbons (Fsp3) is 0.0526. The maximum absolute atomic E-state index is 12.5. The fourth-order valence-corrected chi connectivity index (χ4v) is 2.34. The van der Waals surface area contributed by atoms with Crippen LogP contribution in [0, 0.1) is 11.8 Å². The molecule has 0 saturated heterocycles. The minimum Gasteiger partial charge on any atom is -0.306 e. The van der Waals surface area contributed by atoms with Gasteiger partial charge >= 0.3 is 0 Å². The molecule has 1 heterocycles. The third kappa shape index (κ3) is 3.88. The lowest BCUT2D eigenvalue weighted by molar-refractivity contribution is 0.744. The minimum atomic E-state index is -0.248. The second-order valence-corrected chi connectivity index (χ2v) is 5.33. The molecule has 112 valence electrons. The summed E-state index contributed by atoms with van der Waals surface area (Å²) in [7, 11) is 0. The molecule has 0 N–H and O–H groups in total. The van der Waals surface area contributed by atoms with Gasteiger partial charge in [-0.3, -0.25) is 4.79 Å². The van der Waals surface area contributed by atoms with Crippen LogP contribution in [-0.2, 0) is 6.54 Å². The number of aromatic nitrogens is 2. The van der Waals surface area contributed by atoms with Crippen molar-refractivity contribution in [2.24, 2.45) is 0 Å². The van der Waals surface area contributed by atoms with Crippen molar-refractivity contribution in [3.8, 4) is 11.8 Å². The van der Waals surface area contributed by atoms with Gasteiger partial charge in [-0.05, 0) is 23.6 Å². The Morgan fingerprint density at radius 2 is 1.61 bits per heavy atom. The van der Waals surface area contributed by atoms with Gasteiger partial charge in [0, 0.05) is 11.8 Å². The number of halogens is 1. The van der Waals surface area contributed by atoms with Gasteiger partial charge < -0.3 is 4.57 Å². The van der Waals surface area contributed by atoms with Crippen molar-refractivity contribution in [2.45, 2.75) is 6.54 Å². The smallest absolute Gasteiger partial charge is 0.285 e. The summed E-state index contributed by atoms with van der Waals surface area (Å²) in [4.78, 5) is 16.5. The molecule has 4 heteroatoms. The van der Waals surface area contributed by atoms with Crippen molar-refractivity contribution in [2.75, 3.05) is 0 Å². The quantitative estimate of drug-likeness (QED) is 0.679. The van der Waals surface area contributed by atoms with Crippen molar-refractivity contribution in [1.29, 1.82) is 0 Å². The molecule has 3 rings (SSSR count). The van der Waals surface area contributed by atoms with E-state index in [2.05, 4.69) is 16.8 Å². The highest BCUT2D eigenvalue weighted by Gasteiger charge is 2.06. The van der Waals surface area contributed by atoms with Crippen molar-refractivity contribution in [3.05, 3.63) is 99.2 Å². The Hall–Kier alpha value is -2.83. The summed E-state index contributed by atoms with van der Waals surface area (Å²) in [6.45, 7) is 0.432. The predicted molar refractivity (Wildman–Crippen MR) is 91.5 cm³/mol. The summed E-state index contributed by atoms with van der Waals surface area (Å²) < 4.78 is 1.53. The Kier molecular flexibility index (Phi) is 4.56. The monoisotopic (exact) mass is 320 g/mol. The maximum Gasteiger partial charge on any atom is 0.285 e. The fourth-order valence-electron chi connectivity index (χ4n) is 2.14. The Balaban J connectivity index is 1.97. The van der Waals surface area contributed by atoms with Gasteiger partial charge in [-0.15, -0.1) is 0 Å². The Morgan fingerprint density at radius 3 is 2.30 bits per heavy atom. The zero-order chi connectivity index (χ0) is 16.1. The molecular weight excluding hydrogens is 308 g/mol. The highest BCUT2D eigenvalue weighted by molar-refractivity contribution is 6.29. The van der Waals surface area contributed by atoms with Gasteiger partial charge in [0.2, 0.25) is 0 Å². The van der Waals surface area contributed by atoms with Crippen LogP contribution < -0.4 is 5.56 Å². The van der Waals surface area contributed by atoms with Crippen LogP contribution in [0.2, 0.25) is 5.15 Å². The molecule has 0 amide bonds. The molecule has 0 bridgehead atoms. The van der Waals surface area contributed by atoms with Crippen molar-refractivity contribution >= 4 is 11.6 Å². The van der Waals surface area contributed by atoms with E-state index in [1.807, 2.05) is 60.7 Å². The number of rotatable bonds is 2. The van der Waals surface area contributed by atoms with E-state index in [4.69, 9.17) is 11.6 Å². The molecule has 0 saturated carbocycles. The van der Waals surface area contributed by atoms with Crippen LogP contribution in [0.3, 0.4) is 0 Å². The minimum absolute atomic E-state index is 0.150. The lowest BCUT2D eigenvalue weighted by Gasteiger charge is -2.06. The average molecular weight is 321 g/mol. The van der Waals surface area contributed by atoms with Crippen LogP contribution in [0.15, 0.2) is 71.7 Å². The van der Waals surface area contributed by atoms with Crippen molar-refractivity contribution in [1.82, 2.24) is 9.55 Å². The normalized spacial score (nSPS) is 9.96. The van der Waals surface area contributed by atoms with E-state index in [0.717, 1.165) is 11.1 Å². The number of hydrogen-bond donors (Lipinski definition) is 0. The van der Waals surface area contributed by atoms with Gasteiger partial charge in [-0.2, -0.15) is 0 Å². The van der Waals surface area contributed by atoms with Crippen LogP contribution in [0.4, 0.5) is 0 Å². The molecule has 0 fully saturated rings. The van der Waals surface area contributed by atoms with E-state index in [1.165, 1.54) is 10.8 Å². The molecular formula is C19H13ClN2O. The van der Waals surface area contributed by atoms with Gasteiger partial charge in [0.05, 0.1) is 6.54 Å². The molecule has 0 aliphatic rings. The molecule has 23 heavy (non-hydrogen) atoms. The second kappa shape index (κ2) is 6.95. The number of nitrogens with zero attached hydrogens (tertiary/aromatic N) is 2. The van der Waals surface area contributed by atoms with Gasteiger partial charge in [0.1, 0.15) is 5.15 Å². The summed E-state index contributed by atoms with van der Waals surface area (Å²) >= 11 is 6.03. The van der Waals surface area contributed by atoms with Crippen LogP contribution in [0.25, 0.3) is 0 Å². The molecule has 2 aromatic carbocycles. The van der Waals surface area contributed by atoms with Gasteiger partial charge in [-0.1, -0.05) is 66.1 Å². The topological polar surface area (TPSA) is 34.9 Å². The number of benzene rings is 2. The lowest BCUT2D eigenvalue weighted by atomic mass is 10.2. The Bertz CT molecular complexity index is 922.